The van der Waals surface area contributed by atoms with Crippen LogP contribution in [-0.4, -0.2) is 26.2 Å². The normalized spacial score (nSPS) is 11.0. The second kappa shape index (κ2) is 11.2. The molecule has 6 heteroatoms. The summed E-state index contributed by atoms with van der Waals surface area (Å²) in [7, 11) is 2.59. The van der Waals surface area contributed by atoms with Gasteiger partial charge in [0.05, 0.1) is 25.3 Å². The molecule has 0 bridgehead atoms. The number of halogens is 1. The third kappa shape index (κ3) is 5.53. The number of methoxy groups -OCH3 is 2. The Labute approximate surface area is 205 Å². The van der Waals surface area contributed by atoms with E-state index in [4.69, 9.17) is 14.2 Å². The number of hydrogen-bond donors (Lipinski definition) is 0. The molecule has 0 aliphatic rings. The van der Waals surface area contributed by atoms with Crippen LogP contribution in [0.1, 0.15) is 76.9 Å². The minimum Gasteiger partial charge on any atom is -0.488 e. The molecular formula is C29H31FO5. The van der Waals surface area contributed by atoms with Gasteiger partial charge in [-0.3, -0.25) is 0 Å². The highest BCUT2D eigenvalue weighted by Crippen LogP contribution is 2.43. The molecule has 0 radical (unpaired) electrons. The highest BCUT2D eigenvalue weighted by molar-refractivity contribution is 6.09. The van der Waals surface area contributed by atoms with Crippen LogP contribution in [0.15, 0.2) is 54.6 Å². The number of hydrogen-bond acceptors (Lipinski definition) is 5. The summed E-state index contributed by atoms with van der Waals surface area (Å²) in [5.74, 6) is -1.59. The van der Waals surface area contributed by atoms with Crippen molar-refractivity contribution in [3.63, 3.8) is 0 Å². The van der Waals surface area contributed by atoms with Crippen molar-refractivity contribution in [3.05, 3.63) is 88.2 Å². The third-order valence-electron chi connectivity index (χ3n) is 5.86. The molecule has 35 heavy (non-hydrogen) atoms. The molecule has 3 rings (SSSR count). The minimum absolute atomic E-state index is 0.0545. The van der Waals surface area contributed by atoms with E-state index in [0.29, 0.717) is 11.1 Å². The van der Waals surface area contributed by atoms with Crippen LogP contribution >= 0.6 is 0 Å². The summed E-state index contributed by atoms with van der Waals surface area (Å²) in [6.45, 7) is 8.03. The van der Waals surface area contributed by atoms with Gasteiger partial charge in [-0.2, -0.15) is 0 Å². The van der Waals surface area contributed by atoms with Crippen molar-refractivity contribution in [2.24, 2.45) is 0 Å². The zero-order valence-electron chi connectivity index (χ0n) is 21.0. The van der Waals surface area contributed by atoms with Crippen LogP contribution in [0.5, 0.6) is 5.75 Å². The fourth-order valence-electron chi connectivity index (χ4n) is 4.11. The van der Waals surface area contributed by atoms with Gasteiger partial charge < -0.3 is 14.2 Å². The Morgan fingerprint density at radius 1 is 0.800 bits per heavy atom. The lowest BCUT2D eigenvalue weighted by Gasteiger charge is -2.24. The Hall–Kier alpha value is -3.67. The van der Waals surface area contributed by atoms with Gasteiger partial charge in [-0.15, -0.1) is 0 Å². The summed E-state index contributed by atoms with van der Waals surface area (Å²) < 4.78 is 30.7. The monoisotopic (exact) mass is 478 g/mol. The number of esters is 2. The Kier molecular flexibility index (Phi) is 8.28. The molecule has 5 nitrogen and oxygen atoms in total. The first-order valence-corrected chi connectivity index (χ1v) is 11.5. The van der Waals surface area contributed by atoms with E-state index in [-0.39, 0.29) is 35.3 Å². The van der Waals surface area contributed by atoms with Crippen molar-refractivity contribution < 1.29 is 28.2 Å². The summed E-state index contributed by atoms with van der Waals surface area (Å²) in [5.41, 5.74) is 3.55. The van der Waals surface area contributed by atoms with Gasteiger partial charge in [0, 0.05) is 17.2 Å². The predicted octanol–water partition coefficient (Wildman–Crippen LogP) is 6.89. The topological polar surface area (TPSA) is 61.8 Å². The molecule has 0 saturated carbocycles. The largest absolute Gasteiger partial charge is 0.488 e. The van der Waals surface area contributed by atoms with Crippen LogP contribution in [0.25, 0.3) is 11.1 Å². The third-order valence-corrected chi connectivity index (χ3v) is 5.86. The van der Waals surface area contributed by atoms with Crippen molar-refractivity contribution in [2.75, 3.05) is 14.2 Å². The fraction of sp³-hybridized carbons (Fsp3) is 0.310. The molecule has 3 aromatic rings. The lowest BCUT2D eigenvalue weighted by atomic mass is 9.81. The summed E-state index contributed by atoms with van der Waals surface area (Å²) in [6, 6.07) is 15.4. The number of ether oxygens (including phenoxy) is 3. The fourth-order valence-corrected chi connectivity index (χ4v) is 4.11. The van der Waals surface area contributed by atoms with Crippen LogP contribution in [0.2, 0.25) is 0 Å². The molecular weight excluding hydrogens is 447 g/mol. The van der Waals surface area contributed by atoms with E-state index in [1.165, 1.54) is 32.4 Å². The van der Waals surface area contributed by atoms with Gasteiger partial charge in [0.15, 0.2) is 0 Å². The Morgan fingerprint density at radius 3 is 1.83 bits per heavy atom. The summed E-state index contributed by atoms with van der Waals surface area (Å²) in [5, 5.41) is 0. The first-order valence-electron chi connectivity index (χ1n) is 11.5. The van der Waals surface area contributed by atoms with Gasteiger partial charge in [-0.25, -0.2) is 14.0 Å². The van der Waals surface area contributed by atoms with Crippen LogP contribution < -0.4 is 4.74 Å². The van der Waals surface area contributed by atoms with Crippen molar-refractivity contribution in [3.8, 4) is 16.9 Å². The van der Waals surface area contributed by atoms with E-state index in [2.05, 4.69) is 0 Å². The Balaban J connectivity index is 2.39. The van der Waals surface area contributed by atoms with E-state index in [1.807, 2.05) is 64.1 Å². The quantitative estimate of drug-likeness (QED) is 0.330. The molecule has 184 valence electrons. The lowest BCUT2D eigenvalue weighted by molar-refractivity contribution is 0.0599. The second-order valence-corrected chi connectivity index (χ2v) is 8.89. The van der Waals surface area contributed by atoms with Gasteiger partial charge >= 0.3 is 11.9 Å². The van der Waals surface area contributed by atoms with Crippen LogP contribution in [0.4, 0.5) is 4.39 Å². The predicted molar refractivity (Wildman–Crippen MR) is 133 cm³/mol. The minimum atomic E-state index is -0.595. The Bertz CT molecular complexity index is 1170. The zero-order valence-corrected chi connectivity index (χ0v) is 21.0. The van der Waals surface area contributed by atoms with Crippen LogP contribution in [0.3, 0.4) is 0 Å². The SMILES string of the molecule is COC(=O)c1c(C(C)C)cc(C(C)C)c(C(=O)OC)c1-c1ccc(F)cc1OCc1ccccc1. The molecule has 0 atom stereocenters. The van der Waals surface area contributed by atoms with E-state index >= 15 is 0 Å². The highest BCUT2D eigenvalue weighted by Gasteiger charge is 2.31. The number of carbonyl (C=O) groups excluding carboxylic acids is 2. The molecule has 0 amide bonds. The van der Waals surface area contributed by atoms with E-state index in [9.17, 15) is 14.0 Å². The van der Waals surface area contributed by atoms with Crippen LogP contribution in [0, 0.1) is 5.82 Å². The van der Waals surface area contributed by atoms with E-state index < -0.39 is 17.8 Å². The molecule has 3 aromatic carbocycles. The van der Waals surface area contributed by atoms with E-state index in [0.717, 1.165) is 16.7 Å². The van der Waals surface area contributed by atoms with Gasteiger partial charge in [-0.05, 0) is 40.7 Å². The molecule has 0 aliphatic carbocycles. The van der Waals surface area contributed by atoms with Crippen LogP contribution in [-0.2, 0) is 16.1 Å². The average molecular weight is 479 g/mol. The van der Waals surface area contributed by atoms with Gasteiger partial charge in [-0.1, -0.05) is 64.1 Å². The van der Waals surface area contributed by atoms with Crippen molar-refractivity contribution in [1.29, 1.82) is 0 Å². The number of carbonyl (C=O) groups is 2. The molecule has 0 N–H and O–H groups in total. The van der Waals surface area contributed by atoms with E-state index in [1.54, 1.807) is 0 Å². The number of rotatable bonds is 8. The number of benzene rings is 3. The first-order chi connectivity index (χ1) is 16.7. The second-order valence-electron chi connectivity index (χ2n) is 8.89. The van der Waals surface area contributed by atoms with Gasteiger partial charge in [0.2, 0.25) is 0 Å². The zero-order chi connectivity index (χ0) is 25.7. The maximum atomic E-state index is 14.4. The van der Waals surface area contributed by atoms with Gasteiger partial charge in [0.1, 0.15) is 18.2 Å². The lowest BCUT2D eigenvalue weighted by Crippen LogP contribution is -2.18. The molecule has 0 fully saturated rings. The maximum Gasteiger partial charge on any atom is 0.338 e. The summed E-state index contributed by atoms with van der Waals surface area (Å²) in [6.07, 6.45) is 0. The van der Waals surface area contributed by atoms with Crippen molar-refractivity contribution >= 4 is 11.9 Å². The molecule has 0 aliphatic heterocycles. The highest BCUT2D eigenvalue weighted by atomic mass is 19.1. The first kappa shape index (κ1) is 25.9. The summed E-state index contributed by atoms with van der Waals surface area (Å²) >= 11 is 0. The van der Waals surface area contributed by atoms with Crippen molar-refractivity contribution in [2.45, 2.75) is 46.1 Å². The van der Waals surface area contributed by atoms with Gasteiger partial charge in [0.25, 0.3) is 0 Å². The summed E-state index contributed by atoms with van der Waals surface area (Å²) in [4.78, 5) is 26.3. The average Bonchev–Trinajstić information content (AvgIpc) is 2.85. The molecule has 0 aromatic heterocycles. The molecule has 0 heterocycles. The van der Waals surface area contributed by atoms with Crippen molar-refractivity contribution in [1.82, 2.24) is 0 Å². The molecule has 0 spiro atoms. The smallest absolute Gasteiger partial charge is 0.338 e. The molecule has 0 saturated heterocycles. The molecule has 0 unspecified atom stereocenters. The maximum absolute atomic E-state index is 14.4. The Morgan fingerprint density at radius 2 is 1.34 bits per heavy atom. The standard InChI is InChI=1S/C29H31FO5/c1-17(2)22-15-23(18(3)4)27(29(32)34-6)25(26(22)28(31)33-5)21-13-12-20(30)14-24(21)35-16-19-10-8-7-9-11-19/h7-15,17-18H,16H2,1-6H3.